The number of urea groups is 1. The average molecular weight is 342 g/mol. The highest BCUT2D eigenvalue weighted by molar-refractivity contribution is 5.75. The van der Waals surface area contributed by atoms with Crippen molar-refractivity contribution >= 4 is 11.8 Å². The number of amides is 2. The average Bonchev–Trinajstić information content (AvgIpc) is 3.28. The molecule has 1 aliphatic heterocycles. The largest absolute Gasteiger partial charge is 0.464 e. The number of nitrogens with zero attached hydrogens (tertiary/aromatic N) is 3. The molecule has 1 aliphatic rings. The van der Waals surface area contributed by atoms with E-state index in [9.17, 15) is 4.79 Å². The molecule has 1 N–H and O–H groups in total. The van der Waals surface area contributed by atoms with E-state index < -0.39 is 0 Å². The summed E-state index contributed by atoms with van der Waals surface area (Å²) in [6.45, 7) is 3.28. The predicted molar refractivity (Wildman–Crippen MR) is 97.6 cm³/mol. The molecule has 0 bridgehead atoms. The molecule has 6 nitrogen and oxygen atoms in total. The summed E-state index contributed by atoms with van der Waals surface area (Å²) in [7, 11) is 3.90. The van der Waals surface area contributed by atoms with Gasteiger partial charge in [-0.25, -0.2) is 9.78 Å². The fourth-order valence-corrected chi connectivity index (χ4v) is 3.31. The Labute approximate surface area is 148 Å². The maximum absolute atomic E-state index is 12.7. The lowest BCUT2D eigenvalue weighted by atomic mass is 10.2. The van der Waals surface area contributed by atoms with Gasteiger partial charge < -0.3 is 19.5 Å². The topological polar surface area (TPSA) is 61.6 Å². The van der Waals surface area contributed by atoms with Crippen LogP contribution in [0.15, 0.2) is 34.9 Å². The molecular weight excluding hydrogens is 316 g/mol. The Balaban J connectivity index is 1.66. The monoisotopic (exact) mass is 342 g/mol. The van der Waals surface area contributed by atoms with E-state index in [0.29, 0.717) is 6.54 Å². The molecule has 2 aromatic heterocycles. The third-order valence-corrected chi connectivity index (χ3v) is 4.59. The second-order valence-corrected chi connectivity index (χ2v) is 6.55. The van der Waals surface area contributed by atoms with Crippen LogP contribution in [0.25, 0.3) is 0 Å². The Morgan fingerprint density at radius 2 is 2.24 bits per heavy atom. The van der Waals surface area contributed by atoms with Crippen LogP contribution in [0.1, 0.15) is 42.9 Å². The number of rotatable bonds is 5. The minimum absolute atomic E-state index is 0.0301. The molecule has 6 heteroatoms. The van der Waals surface area contributed by atoms with E-state index in [1.807, 2.05) is 48.2 Å². The van der Waals surface area contributed by atoms with Crippen molar-refractivity contribution in [2.75, 3.05) is 25.5 Å². The minimum atomic E-state index is -0.0505. The van der Waals surface area contributed by atoms with E-state index >= 15 is 0 Å². The number of nitrogens with one attached hydrogen (secondary N) is 1. The molecular formula is C19H26N4O2. The normalized spacial score (nSPS) is 16.9. The Kier molecular flexibility index (Phi) is 5.26. The molecule has 1 fully saturated rings. The number of carbonyl (C=O) groups is 1. The second-order valence-electron chi connectivity index (χ2n) is 6.55. The first kappa shape index (κ1) is 17.3. The summed E-state index contributed by atoms with van der Waals surface area (Å²) in [5.74, 6) is 2.73. The van der Waals surface area contributed by atoms with Gasteiger partial charge in [0.15, 0.2) is 0 Å². The van der Waals surface area contributed by atoms with E-state index in [1.165, 1.54) is 0 Å². The summed E-state index contributed by atoms with van der Waals surface area (Å²) in [5, 5.41) is 3.04. The molecule has 0 spiro atoms. The molecule has 0 unspecified atom stereocenters. The van der Waals surface area contributed by atoms with E-state index in [2.05, 4.69) is 17.2 Å². The van der Waals surface area contributed by atoms with Gasteiger partial charge >= 0.3 is 6.03 Å². The third kappa shape index (κ3) is 3.78. The number of anilines is 1. The quantitative estimate of drug-likeness (QED) is 0.905. The number of pyridine rings is 1. The van der Waals surface area contributed by atoms with Gasteiger partial charge in [0.2, 0.25) is 0 Å². The van der Waals surface area contributed by atoms with Crippen molar-refractivity contribution in [3.63, 3.8) is 0 Å². The summed E-state index contributed by atoms with van der Waals surface area (Å²) < 4.78 is 5.87. The lowest BCUT2D eigenvalue weighted by molar-refractivity contribution is 0.185. The van der Waals surface area contributed by atoms with Crippen molar-refractivity contribution in [1.82, 2.24) is 15.2 Å². The lowest BCUT2D eigenvalue weighted by Gasteiger charge is -2.24. The van der Waals surface area contributed by atoms with Crippen LogP contribution < -0.4 is 10.2 Å². The number of hydrogen-bond donors (Lipinski definition) is 1. The van der Waals surface area contributed by atoms with Crippen molar-refractivity contribution in [2.24, 2.45) is 0 Å². The first-order chi connectivity index (χ1) is 12.1. The zero-order valence-corrected chi connectivity index (χ0v) is 15.2. The van der Waals surface area contributed by atoms with Crippen molar-refractivity contribution in [3.05, 3.63) is 47.5 Å². The highest BCUT2D eigenvalue weighted by Gasteiger charge is 2.32. The zero-order chi connectivity index (χ0) is 17.8. The number of aromatic nitrogens is 1. The fraction of sp³-hybridized carbons (Fsp3) is 0.474. The zero-order valence-electron chi connectivity index (χ0n) is 15.2. The standard InChI is InChI=1S/C19H26N4O2/c1-4-15-9-10-17(25-15)16-8-6-12-23(16)19(24)21-13-14-7-5-11-20-18(14)22(2)3/h5,7,9-11,16H,4,6,8,12-13H2,1-3H3,(H,21,24)/t16-/m1/s1. The molecule has 3 rings (SSSR count). The number of likely N-dealkylation sites (tertiary alicyclic amines) is 1. The maximum atomic E-state index is 12.7. The molecule has 1 saturated heterocycles. The maximum Gasteiger partial charge on any atom is 0.318 e. The van der Waals surface area contributed by atoms with Crippen LogP contribution in [-0.2, 0) is 13.0 Å². The van der Waals surface area contributed by atoms with E-state index in [-0.39, 0.29) is 12.1 Å². The summed E-state index contributed by atoms with van der Waals surface area (Å²) in [4.78, 5) is 20.9. The molecule has 134 valence electrons. The van der Waals surface area contributed by atoms with Gasteiger partial charge in [0.05, 0.1) is 6.04 Å². The SMILES string of the molecule is CCc1ccc([C@H]2CCCN2C(=O)NCc2cccnc2N(C)C)o1. The van der Waals surface area contributed by atoms with Crippen LogP contribution in [0, 0.1) is 0 Å². The smallest absolute Gasteiger partial charge is 0.318 e. The first-order valence-corrected chi connectivity index (χ1v) is 8.84. The van der Waals surface area contributed by atoms with Crippen molar-refractivity contribution in [1.29, 1.82) is 0 Å². The third-order valence-electron chi connectivity index (χ3n) is 4.59. The molecule has 0 saturated carbocycles. The minimum Gasteiger partial charge on any atom is -0.464 e. The molecule has 3 heterocycles. The second kappa shape index (κ2) is 7.59. The number of aryl methyl sites for hydroxylation is 1. The summed E-state index contributed by atoms with van der Waals surface area (Å²) in [6, 6.07) is 7.86. The summed E-state index contributed by atoms with van der Waals surface area (Å²) >= 11 is 0. The van der Waals surface area contributed by atoms with Gasteiger partial charge in [-0.1, -0.05) is 13.0 Å². The first-order valence-electron chi connectivity index (χ1n) is 8.84. The van der Waals surface area contributed by atoms with Crippen LogP contribution in [0.3, 0.4) is 0 Å². The Morgan fingerprint density at radius 1 is 1.40 bits per heavy atom. The molecule has 0 aliphatic carbocycles. The number of hydrogen-bond acceptors (Lipinski definition) is 4. The van der Waals surface area contributed by atoms with Crippen molar-refractivity contribution in [2.45, 2.75) is 38.8 Å². The van der Waals surface area contributed by atoms with Crippen LogP contribution in [0.4, 0.5) is 10.6 Å². The van der Waals surface area contributed by atoms with Crippen LogP contribution in [0.5, 0.6) is 0 Å². The van der Waals surface area contributed by atoms with Crippen molar-refractivity contribution in [3.8, 4) is 0 Å². The highest BCUT2D eigenvalue weighted by atomic mass is 16.3. The van der Waals surface area contributed by atoms with E-state index in [4.69, 9.17) is 4.42 Å². The molecule has 0 radical (unpaired) electrons. The number of carbonyl (C=O) groups excluding carboxylic acids is 1. The molecule has 2 aromatic rings. The van der Waals surface area contributed by atoms with E-state index in [0.717, 1.165) is 48.7 Å². The van der Waals surface area contributed by atoms with Crippen molar-refractivity contribution < 1.29 is 9.21 Å². The van der Waals surface area contributed by atoms with Gasteiger partial charge in [-0.15, -0.1) is 0 Å². The summed E-state index contributed by atoms with van der Waals surface area (Å²) in [6.07, 6.45) is 4.57. The van der Waals surface area contributed by atoms with Gasteiger partial charge in [-0.05, 0) is 31.0 Å². The molecule has 1 atom stereocenters. The van der Waals surface area contributed by atoms with Crippen LogP contribution >= 0.6 is 0 Å². The van der Waals surface area contributed by atoms with Gasteiger partial charge in [0.25, 0.3) is 0 Å². The molecule has 0 aromatic carbocycles. The van der Waals surface area contributed by atoms with Gasteiger partial charge in [-0.2, -0.15) is 0 Å². The Bertz CT molecular complexity index is 726. The highest BCUT2D eigenvalue weighted by Crippen LogP contribution is 2.33. The lowest BCUT2D eigenvalue weighted by Crippen LogP contribution is -2.39. The molecule has 2 amide bonds. The Hall–Kier alpha value is -2.50. The van der Waals surface area contributed by atoms with Gasteiger partial charge in [0.1, 0.15) is 17.3 Å². The Morgan fingerprint density at radius 3 is 2.96 bits per heavy atom. The predicted octanol–water partition coefficient (Wildman–Crippen LogP) is 3.35. The summed E-state index contributed by atoms with van der Waals surface area (Å²) in [5.41, 5.74) is 1.00. The van der Waals surface area contributed by atoms with Crippen LogP contribution in [-0.4, -0.2) is 36.6 Å². The van der Waals surface area contributed by atoms with E-state index in [1.54, 1.807) is 6.20 Å². The number of furan rings is 1. The van der Waals surface area contributed by atoms with Gasteiger partial charge in [0, 0.05) is 45.4 Å². The molecule has 25 heavy (non-hydrogen) atoms. The van der Waals surface area contributed by atoms with Crippen LogP contribution in [0.2, 0.25) is 0 Å². The van der Waals surface area contributed by atoms with Gasteiger partial charge in [-0.3, -0.25) is 0 Å². The fourth-order valence-electron chi connectivity index (χ4n) is 3.31.